The zero-order valence-corrected chi connectivity index (χ0v) is 8.57. The first-order valence-corrected chi connectivity index (χ1v) is 5.30. The van der Waals surface area contributed by atoms with Gasteiger partial charge in [0.25, 0.3) is 0 Å². The van der Waals surface area contributed by atoms with E-state index in [9.17, 15) is 4.79 Å². The third kappa shape index (κ3) is 1.75. The smallest absolute Gasteiger partial charge is 0.312 e. The van der Waals surface area contributed by atoms with Gasteiger partial charge in [-0.25, -0.2) is 4.79 Å². The third-order valence-electron chi connectivity index (χ3n) is 2.84. The molecule has 0 unspecified atom stereocenters. The fraction of sp³-hybridized carbons (Fsp3) is 0.700. The fourth-order valence-electron chi connectivity index (χ4n) is 1.98. The lowest BCUT2D eigenvalue weighted by atomic mass is 10.2. The van der Waals surface area contributed by atoms with Gasteiger partial charge < -0.3 is 5.32 Å². The minimum Gasteiger partial charge on any atom is -0.312 e. The van der Waals surface area contributed by atoms with Crippen LogP contribution in [0.1, 0.15) is 19.8 Å². The molecule has 1 aliphatic heterocycles. The number of rotatable bonds is 3. The quantitative estimate of drug-likeness (QED) is 0.759. The number of nitrogens with zero attached hydrogens (tertiary/aromatic N) is 2. The van der Waals surface area contributed by atoms with Crippen LogP contribution in [-0.4, -0.2) is 21.7 Å². The van der Waals surface area contributed by atoms with E-state index in [1.165, 1.54) is 12.8 Å². The molecule has 78 valence electrons. The molecule has 0 aromatic carbocycles. The first kappa shape index (κ1) is 9.52. The summed E-state index contributed by atoms with van der Waals surface area (Å²) in [6, 6.07) is 0.486. The van der Waals surface area contributed by atoms with Crippen LogP contribution in [0.25, 0.3) is 0 Å². The molecule has 2 rings (SSSR count). The van der Waals surface area contributed by atoms with E-state index in [-0.39, 0.29) is 5.69 Å². The number of nitrogens with one attached hydrogen (secondary N) is 1. The van der Waals surface area contributed by atoms with Crippen molar-refractivity contribution in [3.05, 3.63) is 22.9 Å². The summed E-state index contributed by atoms with van der Waals surface area (Å²) in [5.74, 6) is 0. The molecule has 4 heteroatoms. The lowest BCUT2D eigenvalue weighted by molar-refractivity contribution is 0.493. The van der Waals surface area contributed by atoms with Crippen molar-refractivity contribution in [3.8, 4) is 0 Å². The molecule has 0 bridgehead atoms. The SMILES string of the molecule is CCn1ccn(C[C@@H]2CCCN2)c1=O. The van der Waals surface area contributed by atoms with Gasteiger partial charge in [0.2, 0.25) is 0 Å². The Balaban J connectivity index is 2.08. The minimum absolute atomic E-state index is 0.112. The van der Waals surface area contributed by atoms with Crippen molar-refractivity contribution >= 4 is 0 Å². The molecule has 0 aliphatic carbocycles. The number of hydrogen-bond acceptors (Lipinski definition) is 2. The molecule has 0 saturated carbocycles. The maximum absolute atomic E-state index is 11.7. The van der Waals surface area contributed by atoms with Gasteiger partial charge in [-0.05, 0) is 26.3 Å². The Hall–Kier alpha value is -1.03. The number of aryl methyl sites for hydroxylation is 1. The summed E-state index contributed by atoms with van der Waals surface area (Å²) in [6.07, 6.45) is 6.15. The second-order valence-electron chi connectivity index (χ2n) is 3.81. The molecule has 1 atom stereocenters. The highest BCUT2D eigenvalue weighted by Gasteiger charge is 2.15. The number of imidazole rings is 1. The molecule has 4 nitrogen and oxygen atoms in total. The molecule has 1 aliphatic rings. The summed E-state index contributed by atoms with van der Waals surface area (Å²) in [7, 11) is 0. The molecule has 0 spiro atoms. The van der Waals surface area contributed by atoms with E-state index in [0.29, 0.717) is 6.04 Å². The van der Waals surface area contributed by atoms with Crippen molar-refractivity contribution in [2.24, 2.45) is 0 Å². The lowest BCUT2D eigenvalue weighted by Gasteiger charge is -2.09. The highest BCUT2D eigenvalue weighted by Crippen LogP contribution is 2.06. The van der Waals surface area contributed by atoms with E-state index in [1.54, 1.807) is 9.13 Å². The molecule has 1 saturated heterocycles. The Kier molecular flexibility index (Phi) is 2.72. The molecule has 1 aromatic heterocycles. The van der Waals surface area contributed by atoms with E-state index >= 15 is 0 Å². The van der Waals surface area contributed by atoms with E-state index in [1.807, 2.05) is 19.3 Å². The second kappa shape index (κ2) is 4.00. The van der Waals surface area contributed by atoms with Gasteiger partial charge in [0.1, 0.15) is 0 Å². The van der Waals surface area contributed by atoms with Gasteiger partial charge in [0, 0.05) is 31.5 Å². The third-order valence-corrected chi connectivity index (χ3v) is 2.84. The van der Waals surface area contributed by atoms with Crippen LogP contribution < -0.4 is 11.0 Å². The first-order chi connectivity index (χ1) is 6.81. The van der Waals surface area contributed by atoms with Gasteiger partial charge in [0.05, 0.1) is 0 Å². The molecule has 2 heterocycles. The van der Waals surface area contributed by atoms with Crippen LogP contribution in [-0.2, 0) is 13.1 Å². The summed E-state index contributed by atoms with van der Waals surface area (Å²) in [4.78, 5) is 11.7. The summed E-state index contributed by atoms with van der Waals surface area (Å²) in [5.41, 5.74) is 0.112. The fourth-order valence-corrected chi connectivity index (χ4v) is 1.98. The highest BCUT2D eigenvalue weighted by atomic mass is 16.1. The molecular formula is C10H17N3O. The Morgan fingerprint density at radius 3 is 2.86 bits per heavy atom. The van der Waals surface area contributed by atoms with Crippen molar-refractivity contribution in [1.82, 2.24) is 14.5 Å². The Bertz CT molecular complexity index is 346. The van der Waals surface area contributed by atoms with Gasteiger partial charge in [-0.15, -0.1) is 0 Å². The van der Waals surface area contributed by atoms with Crippen LogP contribution >= 0.6 is 0 Å². The predicted molar refractivity (Wildman–Crippen MR) is 55.4 cm³/mol. The second-order valence-corrected chi connectivity index (χ2v) is 3.81. The number of aromatic nitrogens is 2. The Morgan fingerprint density at radius 1 is 1.50 bits per heavy atom. The maximum atomic E-state index is 11.7. The van der Waals surface area contributed by atoms with Gasteiger partial charge in [0.15, 0.2) is 0 Å². The first-order valence-electron chi connectivity index (χ1n) is 5.30. The maximum Gasteiger partial charge on any atom is 0.328 e. The van der Waals surface area contributed by atoms with E-state index in [0.717, 1.165) is 19.6 Å². The topological polar surface area (TPSA) is 39.0 Å². The van der Waals surface area contributed by atoms with Crippen molar-refractivity contribution < 1.29 is 0 Å². The van der Waals surface area contributed by atoms with Crippen molar-refractivity contribution in [3.63, 3.8) is 0 Å². The van der Waals surface area contributed by atoms with Crippen molar-refractivity contribution in [2.45, 2.75) is 38.9 Å². The van der Waals surface area contributed by atoms with E-state index in [2.05, 4.69) is 5.32 Å². The van der Waals surface area contributed by atoms with Gasteiger partial charge in [-0.1, -0.05) is 0 Å². The van der Waals surface area contributed by atoms with Gasteiger partial charge in [-0.3, -0.25) is 9.13 Å². The monoisotopic (exact) mass is 195 g/mol. The van der Waals surface area contributed by atoms with Crippen molar-refractivity contribution in [2.75, 3.05) is 6.54 Å². The van der Waals surface area contributed by atoms with Crippen LogP contribution in [0, 0.1) is 0 Å². The van der Waals surface area contributed by atoms with Gasteiger partial charge in [-0.2, -0.15) is 0 Å². The zero-order valence-electron chi connectivity index (χ0n) is 8.57. The standard InChI is InChI=1S/C10H17N3O/c1-2-12-6-7-13(10(12)14)8-9-4-3-5-11-9/h6-7,9,11H,2-5,8H2,1H3/t9-/m0/s1. The van der Waals surface area contributed by atoms with Crippen LogP contribution in [0.15, 0.2) is 17.2 Å². The van der Waals surface area contributed by atoms with Crippen LogP contribution in [0.4, 0.5) is 0 Å². The molecule has 1 aromatic rings. The Morgan fingerprint density at radius 2 is 2.29 bits per heavy atom. The molecular weight excluding hydrogens is 178 g/mol. The average Bonchev–Trinajstić information content (AvgIpc) is 2.79. The predicted octanol–water partition coefficient (Wildman–Crippen LogP) is 0.422. The summed E-state index contributed by atoms with van der Waals surface area (Å²) in [5, 5.41) is 3.39. The molecule has 0 radical (unpaired) electrons. The zero-order chi connectivity index (χ0) is 9.97. The minimum atomic E-state index is 0.112. The Labute approximate surface area is 83.5 Å². The highest BCUT2D eigenvalue weighted by molar-refractivity contribution is 4.84. The van der Waals surface area contributed by atoms with Crippen LogP contribution in [0.3, 0.4) is 0 Å². The normalized spacial score (nSPS) is 21.6. The summed E-state index contributed by atoms with van der Waals surface area (Å²) >= 11 is 0. The molecule has 14 heavy (non-hydrogen) atoms. The average molecular weight is 195 g/mol. The largest absolute Gasteiger partial charge is 0.328 e. The summed E-state index contributed by atoms with van der Waals surface area (Å²) < 4.78 is 3.53. The van der Waals surface area contributed by atoms with Gasteiger partial charge >= 0.3 is 5.69 Å². The summed E-state index contributed by atoms with van der Waals surface area (Å²) in [6.45, 7) is 4.64. The molecule has 1 fully saturated rings. The molecule has 1 N–H and O–H groups in total. The van der Waals surface area contributed by atoms with Crippen LogP contribution in [0.5, 0.6) is 0 Å². The number of hydrogen-bond donors (Lipinski definition) is 1. The van der Waals surface area contributed by atoms with E-state index < -0.39 is 0 Å². The van der Waals surface area contributed by atoms with Crippen LogP contribution in [0.2, 0.25) is 0 Å². The molecule has 0 amide bonds. The van der Waals surface area contributed by atoms with Crippen molar-refractivity contribution in [1.29, 1.82) is 0 Å². The lowest BCUT2D eigenvalue weighted by Crippen LogP contribution is -2.32. The van der Waals surface area contributed by atoms with E-state index in [4.69, 9.17) is 0 Å².